The zero-order valence-electron chi connectivity index (χ0n) is 20.7. The number of halogens is 3. The molecule has 200 valence electrons. The number of carbonyl (C=O) groups is 2. The highest BCUT2D eigenvalue weighted by Gasteiger charge is 2.38. The number of amides is 2. The molecular weight excluding hydrogens is 489 g/mol. The standard InChI is InChI=1S/C26H31F3N4O4/c1-36-14-13-32-12-11-23(31-32)30-25(35)21(15-18-7-3-2-4-8-18)33-17-19(16-24(33)34)37-22-10-6-5-9-20(22)26(27,28)29/h5-6,9-12,16,18,21H,2-4,7-8,13-15,17H2,1H3,(H,30,31,35). The van der Waals surface area contributed by atoms with Gasteiger partial charge in [-0.05, 0) is 24.5 Å². The van der Waals surface area contributed by atoms with Gasteiger partial charge in [-0.25, -0.2) is 0 Å². The van der Waals surface area contributed by atoms with Crippen LogP contribution in [0.5, 0.6) is 5.75 Å². The van der Waals surface area contributed by atoms with Gasteiger partial charge >= 0.3 is 6.18 Å². The number of aromatic nitrogens is 2. The zero-order chi connectivity index (χ0) is 26.4. The number of hydrogen-bond acceptors (Lipinski definition) is 5. The predicted octanol–water partition coefficient (Wildman–Crippen LogP) is 4.63. The van der Waals surface area contributed by atoms with Crippen molar-refractivity contribution in [3.63, 3.8) is 0 Å². The van der Waals surface area contributed by atoms with Gasteiger partial charge in [0.25, 0.3) is 5.91 Å². The van der Waals surface area contributed by atoms with Crippen molar-refractivity contribution >= 4 is 17.6 Å². The second kappa shape index (κ2) is 11.8. The Labute approximate surface area is 213 Å². The number of rotatable bonds is 10. The second-order valence-electron chi connectivity index (χ2n) is 9.37. The summed E-state index contributed by atoms with van der Waals surface area (Å²) >= 11 is 0. The van der Waals surface area contributed by atoms with E-state index in [9.17, 15) is 22.8 Å². The summed E-state index contributed by atoms with van der Waals surface area (Å²) in [6.07, 6.45) is 3.95. The van der Waals surface area contributed by atoms with E-state index in [4.69, 9.17) is 9.47 Å². The van der Waals surface area contributed by atoms with Gasteiger partial charge in [0.05, 0.1) is 25.3 Å². The average Bonchev–Trinajstić information content (AvgIpc) is 3.47. The normalized spacial score (nSPS) is 17.6. The van der Waals surface area contributed by atoms with Crippen LogP contribution in [0.4, 0.5) is 19.0 Å². The van der Waals surface area contributed by atoms with E-state index in [0.717, 1.165) is 44.2 Å². The third kappa shape index (κ3) is 6.91. The van der Waals surface area contributed by atoms with Crippen molar-refractivity contribution in [2.75, 3.05) is 25.6 Å². The van der Waals surface area contributed by atoms with Crippen LogP contribution in [-0.4, -0.2) is 52.8 Å². The Balaban J connectivity index is 1.49. The molecule has 2 aliphatic rings. The number of benzene rings is 1. The fourth-order valence-electron chi connectivity index (χ4n) is 4.83. The number of ether oxygens (including phenoxy) is 2. The number of methoxy groups -OCH3 is 1. The van der Waals surface area contributed by atoms with Crippen LogP contribution in [-0.2, 0) is 27.0 Å². The number of nitrogens with one attached hydrogen (secondary N) is 1. The third-order valence-corrected chi connectivity index (χ3v) is 6.70. The van der Waals surface area contributed by atoms with Crippen molar-refractivity contribution in [1.29, 1.82) is 0 Å². The first-order valence-electron chi connectivity index (χ1n) is 12.4. The van der Waals surface area contributed by atoms with Crippen molar-refractivity contribution in [2.45, 2.75) is 57.3 Å². The highest BCUT2D eigenvalue weighted by Crippen LogP contribution is 2.37. The number of hydrogen-bond donors (Lipinski definition) is 1. The lowest BCUT2D eigenvalue weighted by atomic mass is 9.84. The molecule has 2 heterocycles. The SMILES string of the molecule is COCCn1ccc(NC(=O)C(CC2CCCCC2)N2CC(Oc3ccccc3C(F)(F)F)=CC2=O)n1. The van der Waals surface area contributed by atoms with E-state index >= 15 is 0 Å². The molecule has 2 aromatic rings. The van der Waals surface area contributed by atoms with Gasteiger partial charge in [-0.2, -0.15) is 18.3 Å². The predicted molar refractivity (Wildman–Crippen MR) is 130 cm³/mol. The van der Waals surface area contributed by atoms with Gasteiger partial charge in [-0.3, -0.25) is 14.3 Å². The summed E-state index contributed by atoms with van der Waals surface area (Å²) in [5.41, 5.74) is -0.928. The summed E-state index contributed by atoms with van der Waals surface area (Å²) in [7, 11) is 1.59. The molecule has 37 heavy (non-hydrogen) atoms. The van der Waals surface area contributed by atoms with Crippen molar-refractivity contribution in [3.05, 3.63) is 53.9 Å². The van der Waals surface area contributed by atoms with Crippen LogP contribution >= 0.6 is 0 Å². The molecule has 1 unspecified atom stereocenters. The minimum absolute atomic E-state index is 0.0620. The molecule has 1 aliphatic heterocycles. The molecule has 8 nitrogen and oxygen atoms in total. The van der Waals surface area contributed by atoms with Crippen LogP contribution in [0.3, 0.4) is 0 Å². The van der Waals surface area contributed by atoms with Crippen LogP contribution in [0.2, 0.25) is 0 Å². The van der Waals surface area contributed by atoms with E-state index in [1.165, 1.54) is 23.1 Å². The summed E-state index contributed by atoms with van der Waals surface area (Å²) in [6, 6.07) is 5.70. The highest BCUT2D eigenvalue weighted by molar-refractivity contribution is 5.99. The molecule has 4 rings (SSSR count). The molecule has 1 saturated carbocycles. The molecule has 0 spiro atoms. The molecule has 1 aromatic carbocycles. The maximum atomic E-state index is 13.4. The maximum absolute atomic E-state index is 13.4. The van der Waals surface area contributed by atoms with Gasteiger partial charge < -0.3 is 19.7 Å². The molecule has 1 atom stereocenters. The molecule has 1 aliphatic carbocycles. The average molecular weight is 521 g/mol. The van der Waals surface area contributed by atoms with Crippen molar-refractivity contribution in [3.8, 4) is 5.75 Å². The number of nitrogens with zero attached hydrogens (tertiary/aromatic N) is 3. The summed E-state index contributed by atoms with van der Waals surface area (Å²) in [4.78, 5) is 27.7. The van der Waals surface area contributed by atoms with E-state index < -0.39 is 23.7 Å². The van der Waals surface area contributed by atoms with E-state index in [1.54, 1.807) is 24.1 Å². The van der Waals surface area contributed by atoms with Crippen LogP contribution < -0.4 is 10.1 Å². The number of para-hydroxylation sites is 1. The Morgan fingerprint density at radius 3 is 2.68 bits per heavy atom. The Hall–Kier alpha value is -3.34. The van der Waals surface area contributed by atoms with Gasteiger partial charge in [0.1, 0.15) is 17.6 Å². The molecule has 1 N–H and O–H groups in total. The summed E-state index contributed by atoms with van der Waals surface area (Å²) in [6.45, 7) is 0.887. The molecule has 1 fully saturated rings. The Morgan fingerprint density at radius 2 is 1.95 bits per heavy atom. The van der Waals surface area contributed by atoms with E-state index in [-0.39, 0.29) is 29.9 Å². The number of anilines is 1. The van der Waals surface area contributed by atoms with Gasteiger partial charge in [-0.15, -0.1) is 0 Å². The molecule has 1 aromatic heterocycles. The van der Waals surface area contributed by atoms with E-state index in [2.05, 4.69) is 10.4 Å². The van der Waals surface area contributed by atoms with Gasteiger partial charge in [0.2, 0.25) is 5.91 Å². The molecule has 0 radical (unpaired) electrons. The minimum Gasteiger partial charge on any atom is -0.459 e. The zero-order valence-corrected chi connectivity index (χ0v) is 20.7. The topological polar surface area (TPSA) is 85.7 Å². The van der Waals surface area contributed by atoms with Crippen molar-refractivity contribution < 1.29 is 32.2 Å². The molecule has 11 heteroatoms. The smallest absolute Gasteiger partial charge is 0.419 e. The highest BCUT2D eigenvalue weighted by atomic mass is 19.4. The monoisotopic (exact) mass is 520 g/mol. The van der Waals surface area contributed by atoms with Crippen molar-refractivity contribution in [2.24, 2.45) is 5.92 Å². The second-order valence-corrected chi connectivity index (χ2v) is 9.37. The molecule has 0 bridgehead atoms. The summed E-state index contributed by atoms with van der Waals surface area (Å²) in [5.74, 6) is -0.558. The first kappa shape index (κ1) is 26.7. The molecule has 2 amide bonds. The van der Waals surface area contributed by atoms with Crippen LogP contribution in [0.15, 0.2) is 48.4 Å². The lowest BCUT2D eigenvalue weighted by molar-refractivity contribution is -0.138. The number of carbonyl (C=O) groups excluding carboxylic acids is 2. The quantitative estimate of drug-likeness (QED) is 0.494. The first-order chi connectivity index (χ1) is 17.7. The molecular formula is C26H31F3N4O4. The maximum Gasteiger partial charge on any atom is 0.419 e. The minimum atomic E-state index is -4.60. The molecule has 0 saturated heterocycles. The Morgan fingerprint density at radius 1 is 1.19 bits per heavy atom. The summed E-state index contributed by atoms with van der Waals surface area (Å²) < 4.78 is 52.4. The number of alkyl halides is 3. The van der Waals surface area contributed by atoms with Crippen LogP contribution in [0.1, 0.15) is 44.1 Å². The Kier molecular flexibility index (Phi) is 8.52. The Bertz CT molecular complexity index is 1130. The summed E-state index contributed by atoms with van der Waals surface area (Å²) in [5, 5.41) is 7.12. The van der Waals surface area contributed by atoms with Crippen molar-refractivity contribution in [1.82, 2.24) is 14.7 Å². The van der Waals surface area contributed by atoms with Crippen LogP contribution in [0, 0.1) is 5.92 Å². The first-order valence-corrected chi connectivity index (χ1v) is 12.4. The van der Waals surface area contributed by atoms with Gasteiger partial charge in [0.15, 0.2) is 5.82 Å². The van der Waals surface area contributed by atoms with E-state index in [0.29, 0.717) is 25.4 Å². The van der Waals surface area contributed by atoms with Gasteiger partial charge in [-0.1, -0.05) is 44.2 Å². The van der Waals surface area contributed by atoms with Gasteiger partial charge in [0, 0.05) is 25.4 Å². The fraction of sp³-hybridized carbons (Fsp3) is 0.500. The van der Waals surface area contributed by atoms with Crippen LogP contribution in [0.25, 0.3) is 0 Å². The third-order valence-electron chi connectivity index (χ3n) is 6.70. The fourth-order valence-corrected chi connectivity index (χ4v) is 4.83. The lowest BCUT2D eigenvalue weighted by Crippen LogP contribution is -2.46. The largest absolute Gasteiger partial charge is 0.459 e. The van der Waals surface area contributed by atoms with E-state index in [1.807, 2.05) is 0 Å². The lowest BCUT2D eigenvalue weighted by Gasteiger charge is -2.31.